The topological polar surface area (TPSA) is 25.8 Å². The summed E-state index contributed by atoms with van der Waals surface area (Å²) >= 11 is 0. The number of nitrogens with zero attached hydrogens (tertiary/aromatic N) is 2. The average Bonchev–Trinajstić information content (AvgIpc) is 2.80. The lowest BCUT2D eigenvalue weighted by Crippen LogP contribution is -2.01. The lowest BCUT2D eigenvalue weighted by molar-refractivity contribution is 0.757. The second-order valence-electron chi connectivity index (χ2n) is 8.13. The molecule has 2 nitrogen and oxygen atoms in total. The van der Waals surface area contributed by atoms with E-state index in [0.717, 1.165) is 24.2 Å². The van der Waals surface area contributed by atoms with Crippen LogP contribution in [0, 0.1) is 0 Å². The van der Waals surface area contributed by atoms with E-state index in [2.05, 4.69) is 109 Å². The third-order valence-corrected chi connectivity index (χ3v) is 5.73. The zero-order valence-electron chi connectivity index (χ0n) is 17.7. The Morgan fingerprint density at radius 3 is 1.37 bits per heavy atom. The third-order valence-electron chi connectivity index (χ3n) is 5.73. The summed E-state index contributed by atoms with van der Waals surface area (Å²) in [6.45, 7) is 4.55. The molecule has 0 bridgehead atoms. The minimum atomic E-state index is 0.465. The molecule has 0 aliphatic heterocycles. The van der Waals surface area contributed by atoms with Gasteiger partial charge in [0, 0.05) is 12.4 Å². The average molecular weight is 393 g/mol. The van der Waals surface area contributed by atoms with Crippen molar-refractivity contribution in [2.75, 3.05) is 0 Å². The Morgan fingerprint density at radius 1 is 0.567 bits per heavy atom. The van der Waals surface area contributed by atoms with Crippen molar-refractivity contribution < 1.29 is 0 Å². The summed E-state index contributed by atoms with van der Waals surface area (Å²) in [4.78, 5) is 9.21. The van der Waals surface area contributed by atoms with Gasteiger partial charge in [-0.3, -0.25) is 9.97 Å². The SMILES string of the molecule is CC(Cc1ccnc(-c2cc(CC(C)c3ccccc3)ccn2)c1)c1ccccc1. The predicted octanol–water partition coefficient (Wildman–Crippen LogP) is 6.84. The maximum Gasteiger partial charge on any atom is 0.0888 e. The maximum atomic E-state index is 4.61. The van der Waals surface area contributed by atoms with Crippen LogP contribution >= 0.6 is 0 Å². The van der Waals surface area contributed by atoms with Gasteiger partial charge in [-0.2, -0.15) is 0 Å². The van der Waals surface area contributed by atoms with Gasteiger partial charge in [0.2, 0.25) is 0 Å². The Hall–Kier alpha value is -3.26. The molecule has 4 rings (SSSR count). The van der Waals surface area contributed by atoms with Crippen molar-refractivity contribution in [3.8, 4) is 11.4 Å². The molecule has 0 saturated heterocycles. The van der Waals surface area contributed by atoms with Gasteiger partial charge in [0.25, 0.3) is 0 Å². The highest BCUT2D eigenvalue weighted by atomic mass is 14.8. The fourth-order valence-corrected chi connectivity index (χ4v) is 3.99. The van der Waals surface area contributed by atoms with Crippen LogP contribution in [0.5, 0.6) is 0 Å². The van der Waals surface area contributed by atoms with Crippen molar-refractivity contribution in [1.82, 2.24) is 9.97 Å². The monoisotopic (exact) mass is 392 g/mol. The van der Waals surface area contributed by atoms with Gasteiger partial charge in [-0.05, 0) is 71.2 Å². The van der Waals surface area contributed by atoms with Crippen molar-refractivity contribution in [2.24, 2.45) is 0 Å². The van der Waals surface area contributed by atoms with Crippen molar-refractivity contribution in [3.05, 3.63) is 120 Å². The van der Waals surface area contributed by atoms with E-state index in [1.54, 1.807) is 0 Å². The molecule has 0 saturated carbocycles. The molecular weight excluding hydrogens is 364 g/mol. The van der Waals surface area contributed by atoms with Gasteiger partial charge >= 0.3 is 0 Å². The molecule has 150 valence electrons. The zero-order valence-corrected chi connectivity index (χ0v) is 17.7. The van der Waals surface area contributed by atoms with Gasteiger partial charge in [-0.15, -0.1) is 0 Å². The molecule has 2 unspecified atom stereocenters. The molecule has 2 heterocycles. The van der Waals surface area contributed by atoms with Gasteiger partial charge in [0.15, 0.2) is 0 Å². The first-order valence-corrected chi connectivity index (χ1v) is 10.7. The van der Waals surface area contributed by atoms with E-state index < -0.39 is 0 Å². The van der Waals surface area contributed by atoms with Gasteiger partial charge in [-0.1, -0.05) is 74.5 Å². The Labute approximate surface area is 179 Å². The first kappa shape index (κ1) is 20.0. The van der Waals surface area contributed by atoms with Gasteiger partial charge in [-0.25, -0.2) is 0 Å². The van der Waals surface area contributed by atoms with Gasteiger partial charge in [0.1, 0.15) is 0 Å². The summed E-state index contributed by atoms with van der Waals surface area (Å²) in [5.41, 5.74) is 7.21. The van der Waals surface area contributed by atoms with E-state index in [1.165, 1.54) is 22.3 Å². The summed E-state index contributed by atoms with van der Waals surface area (Å²) in [5.74, 6) is 0.930. The van der Waals surface area contributed by atoms with Crippen LogP contribution in [0.4, 0.5) is 0 Å². The molecule has 2 atom stereocenters. The smallest absolute Gasteiger partial charge is 0.0888 e. The van der Waals surface area contributed by atoms with Gasteiger partial charge < -0.3 is 0 Å². The lowest BCUT2D eigenvalue weighted by Gasteiger charge is -2.14. The molecule has 0 radical (unpaired) electrons. The Bertz CT molecular complexity index is 985. The van der Waals surface area contributed by atoms with E-state index >= 15 is 0 Å². The Kier molecular flexibility index (Phi) is 6.34. The number of hydrogen-bond donors (Lipinski definition) is 0. The van der Waals surface area contributed by atoms with Crippen molar-refractivity contribution in [1.29, 1.82) is 0 Å². The molecule has 2 heteroatoms. The van der Waals surface area contributed by atoms with Crippen molar-refractivity contribution in [3.63, 3.8) is 0 Å². The fraction of sp³-hybridized carbons (Fsp3) is 0.214. The first-order chi connectivity index (χ1) is 14.7. The van der Waals surface area contributed by atoms with Crippen molar-refractivity contribution >= 4 is 0 Å². The quantitative estimate of drug-likeness (QED) is 0.344. The number of pyridine rings is 2. The normalized spacial score (nSPS) is 13.0. The second-order valence-corrected chi connectivity index (χ2v) is 8.13. The van der Waals surface area contributed by atoms with Crippen LogP contribution in [0.1, 0.15) is 47.9 Å². The number of aromatic nitrogens is 2. The first-order valence-electron chi connectivity index (χ1n) is 10.7. The van der Waals surface area contributed by atoms with Crippen LogP contribution in [-0.2, 0) is 12.8 Å². The summed E-state index contributed by atoms with van der Waals surface area (Å²) in [7, 11) is 0. The number of benzene rings is 2. The molecule has 0 amide bonds. The summed E-state index contributed by atoms with van der Waals surface area (Å²) in [5, 5.41) is 0. The minimum absolute atomic E-state index is 0.465. The standard InChI is InChI=1S/C28H28N2/c1-21(25-9-5-3-6-10-25)17-23-13-15-29-27(19-23)28-20-24(14-16-30-28)18-22(2)26-11-7-4-8-12-26/h3-16,19-22H,17-18H2,1-2H3. The molecular formula is C28H28N2. The van der Waals surface area contributed by atoms with Gasteiger partial charge in [0.05, 0.1) is 11.4 Å². The minimum Gasteiger partial charge on any atom is -0.255 e. The highest BCUT2D eigenvalue weighted by Crippen LogP contribution is 2.25. The summed E-state index contributed by atoms with van der Waals surface area (Å²) in [6.07, 6.45) is 5.79. The molecule has 0 N–H and O–H groups in total. The van der Waals surface area contributed by atoms with E-state index in [-0.39, 0.29) is 0 Å². The Balaban J connectivity index is 1.50. The number of rotatable bonds is 7. The highest BCUT2D eigenvalue weighted by molar-refractivity contribution is 5.56. The third kappa shape index (κ3) is 5.01. The van der Waals surface area contributed by atoms with Crippen LogP contribution in [-0.4, -0.2) is 9.97 Å². The van der Waals surface area contributed by atoms with E-state index in [0.29, 0.717) is 11.8 Å². The summed E-state index contributed by atoms with van der Waals surface area (Å²) < 4.78 is 0. The van der Waals surface area contributed by atoms with Crippen LogP contribution in [0.2, 0.25) is 0 Å². The van der Waals surface area contributed by atoms with E-state index in [9.17, 15) is 0 Å². The maximum absolute atomic E-state index is 4.61. The highest BCUT2D eigenvalue weighted by Gasteiger charge is 2.11. The van der Waals surface area contributed by atoms with E-state index in [4.69, 9.17) is 0 Å². The Morgan fingerprint density at radius 2 is 0.967 bits per heavy atom. The van der Waals surface area contributed by atoms with Crippen LogP contribution in [0.25, 0.3) is 11.4 Å². The zero-order chi connectivity index (χ0) is 20.8. The van der Waals surface area contributed by atoms with Crippen LogP contribution in [0.3, 0.4) is 0 Å². The lowest BCUT2D eigenvalue weighted by atomic mass is 9.93. The fourth-order valence-electron chi connectivity index (χ4n) is 3.99. The molecule has 0 aliphatic carbocycles. The summed E-state index contributed by atoms with van der Waals surface area (Å²) in [6, 6.07) is 30.0. The van der Waals surface area contributed by atoms with Crippen LogP contribution in [0.15, 0.2) is 97.3 Å². The number of hydrogen-bond acceptors (Lipinski definition) is 2. The largest absolute Gasteiger partial charge is 0.255 e. The van der Waals surface area contributed by atoms with Crippen molar-refractivity contribution in [2.45, 2.75) is 38.5 Å². The predicted molar refractivity (Wildman–Crippen MR) is 125 cm³/mol. The molecule has 0 aliphatic rings. The molecule has 30 heavy (non-hydrogen) atoms. The second kappa shape index (κ2) is 9.49. The van der Waals surface area contributed by atoms with E-state index in [1.807, 2.05) is 12.4 Å². The molecule has 2 aromatic carbocycles. The molecule has 4 aromatic rings. The molecule has 2 aromatic heterocycles. The van der Waals surface area contributed by atoms with Crippen LogP contribution < -0.4 is 0 Å². The molecule has 0 spiro atoms. The molecule has 0 fully saturated rings.